The molecule has 6 nitrogen and oxygen atoms in total. The van der Waals surface area contributed by atoms with Crippen molar-refractivity contribution in [3.63, 3.8) is 0 Å². The lowest BCUT2D eigenvalue weighted by Crippen LogP contribution is -2.46. The number of benzene rings is 2. The first-order chi connectivity index (χ1) is 14.1. The number of methoxy groups -OCH3 is 1. The van der Waals surface area contributed by atoms with Gasteiger partial charge in [0.05, 0.1) is 17.9 Å². The fourth-order valence-electron chi connectivity index (χ4n) is 3.86. The number of nitrogens with zero attached hydrogens (tertiary/aromatic N) is 2. The van der Waals surface area contributed by atoms with Gasteiger partial charge in [-0.15, -0.1) is 0 Å². The number of amides is 1. The zero-order chi connectivity index (χ0) is 22.1. The first kappa shape index (κ1) is 22.3. The molecular weight excluding hydrogens is 400 g/mol. The molecule has 162 valence electrons. The highest BCUT2D eigenvalue weighted by Gasteiger charge is 2.35. The number of rotatable bonds is 5. The molecule has 0 radical (unpaired) electrons. The molecule has 0 saturated carbocycles. The summed E-state index contributed by atoms with van der Waals surface area (Å²) in [7, 11) is -0.356. The lowest BCUT2D eigenvalue weighted by molar-refractivity contribution is -0.123. The number of hydrogen-bond donors (Lipinski definition) is 0. The molecule has 2 aromatic carbocycles. The fraction of sp³-hybridized carbons (Fsp3) is 0.435. The van der Waals surface area contributed by atoms with Crippen LogP contribution in [0.3, 0.4) is 0 Å². The van der Waals surface area contributed by atoms with Crippen LogP contribution >= 0.6 is 0 Å². The van der Waals surface area contributed by atoms with Crippen molar-refractivity contribution in [3.8, 4) is 5.75 Å². The molecule has 30 heavy (non-hydrogen) atoms. The van der Waals surface area contributed by atoms with Gasteiger partial charge < -0.3 is 9.64 Å². The molecule has 1 aliphatic rings. The maximum absolute atomic E-state index is 13.2. The number of carbonyl (C=O) groups is 1. The van der Waals surface area contributed by atoms with Crippen molar-refractivity contribution in [2.75, 3.05) is 32.1 Å². The zero-order valence-electron chi connectivity index (χ0n) is 18.3. The minimum atomic E-state index is -3.67. The first-order valence-electron chi connectivity index (χ1n) is 10.1. The predicted molar refractivity (Wildman–Crippen MR) is 119 cm³/mol. The SMILES string of the molecule is COc1ccc(S(=O)(=O)N2CCC[C@@H](C(=O)N(C)c3ccc(C)c(C)c3)C2)cc1C. The summed E-state index contributed by atoms with van der Waals surface area (Å²) in [6.45, 7) is 6.49. The van der Waals surface area contributed by atoms with Crippen molar-refractivity contribution < 1.29 is 17.9 Å². The van der Waals surface area contributed by atoms with E-state index in [1.165, 1.54) is 9.87 Å². The lowest BCUT2D eigenvalue weighted by Gasteiger charge is -2.33. The molecule has 0 aromatic heterocycles. The standard InChI is InChI=1S/C23H30N2O4S/c1-16-8-9-20(13-17(16)2)24(4)23(26)19-7-6-12-25(15-19)30(27,28)21-10-11-22(29-5)18(3)14-21/h8-11,13-14,19H,6-7,12,15H2,1-5H3/t19-/m1/s1. The lowest BCUT2D eigenvalue weighted by atomic mass is 9.98. The van der Waals surface area contributed by atoms with Gasteiger partial charge >= 0.3 is 0 Å². The van der Waals surface area contributed by atoms with Gasteiger partial charge in [0.15, 0.2) is 0 Å². The normalized spacial score (nSPS) is 17.6. The molecule has 1 saturated heterocycles. The third-order valence-corrected chi connectivity index (χ3v) is 7.81. The summed E-state index contributed by atoms with van der Waals surface area (Å²) < 4.78 is 33.0. The van der Waals surface area contributed by atoms with E-state index in [0.717, 1.165) is 16.8 Å². The van der Waals surface area contributed by atoms with Crippen molar-refractivity contribution >= 4 is 21.6 Å². The van der Waals surface area contributed by atoms with E-state index in [9.17, 15) is 13.2 Å². The largest absolute Gasteiger partial charge is 0.496 e. The van der Waals surface area contributed by atoms with Crippen LogP contribution in [0, 0.1) is 26.7 Å². The number of piperidine rings is 1. The van der Waals surface area contributed by atoms with E-state index in [2.05, 4.69) is 0 Å². The predicted octanol–water partition coefficient (Wildman–Crippen LogP) is 3.68. The third-order valence-electron chi connectivity index (χ3n) is 5.95. The van der Waals surface area contributed by atoms with Crippen molar-refractivity contribution in [2.24, 2.45) is 5.92 Å². The summed E-state index contributed by atoms with van der Waals surface area (Å²) in [4.78, 5) is 15.0. The quantitative estimate of drug-likeness (QED) is 0.726. The van der Waals surface area contributed by atoms with Gasteiger partial charge in [-0.25, -0.2) is 8.42 Å². The second-order valence-corrected chi connectivity index (χ2v) is 9.94. The molecule has 0 spiro atoms. The van der Waals surface area contributed by atoms with Gasteiger partial charge in [-0.2, -0.15) is 4.31 Å². The Morgan fingerprint density at radius 3 is 2.43 bits per heavy atom. The summed E-state index contributed by atoms with van der Waals surface area (Å²) in [6, 6.07) is 10.8. The number of carbonyl (C=O) groups excluding carboxylic acids is 1. The van der Waals surface area contributed by atoms with Crippen LogP contribution in [0.5, 0.6) is 5.75 Å². The highest BCUT2D eigenvalue weighted by atomic mass is 32.2. The zero-order valence-corrected chi connectivity index (χ0v) is 19.1. The van der Waals surface area contributed by atoms with Gasteiger partial charge in [0.2, 0.25) is 15.9 Å². The summed E-state index contributed by atoms with van der Waals surface area (Å²) in [5.74, 6) is 0.235. The molecule has 0 unspecified atom stereocenters. The molecule has 3 rings (SSSR count). The molecule has 7 heteroatoms. The molecule has 0 bridgehead atoms. The molecule has 1 aliphatic heterocycles. The van der Waals surface area contributed by atoms with E-state index in [1.807, 2.05) is 39.0 Å². The Morgan fingerprint density at radius 2 is 1.80 bits per heavy atom. The minimum absolute atomic E-state index is 0.0518. The van der Waals surface area contributed by atoms with E-state index in [0.29, 0.717) is 25.1 Å². The monoisotopic (exact) mass is 430 g/mol. The van der Waals surface area contributed by atoms with Crippen molar-refractivity contribution in [1.82, 2.24) is 4.31 Å². The van der Waals surface area contributed by atoms with Crippen LogP contribution in [0.25, 0.3) is 0 Å². The second-order valence-electron chi connectivity index (χ2n) is 8.00. The van der Waals surface area contributed by atoms with Gasteiger partial charge in [-0.05, 0) is 80.6 Å². The Hall–Kier alpha value is -2.38. The Kier molecular flexibility index (Phi) is 6.53. The van der Waals surface area contributed by atoms with Crippen LogP contribution < -0.4 is 9.64 Å². The Balaban J connectivity index is 1.79. The van der Waals surface area contributed by atoms with Crippen LogP contribution in [0.15, 0.2) is 41.3 Å². The van der Waals surface area contributed by atoms with Gasteiger partial charge in [0.25, 0.3) is 0 Å². The number of anilines is 1. The molecular formula is C23H30N2O4S. The highest BCUT2D eigenvalue weighted by Crippen LogP contribution is 2.29. The van der Waals surface area contributed by atoms with E-state index in [4.69, 9.17) is 4.74 Å². The number of aryl methyl sites for hydroxylation is 3. The average Bonchev–Trinajstić information content (AvgIpc) is 2.74. The summed E-state index contributed by atoms with van der Waals surface area (Å²) in [5, 5.41) is 0. The van der Waals surface area contributed by atoms with Crippen LogP contribution in [0.2, 0.25) is 0 Å². The molecule has 2 aromatic rings. The van der Waals surface area contributed by atoms with Crippen LogP contribution in [0.1, 0.15) is 29.5 Å². The molecule has 1 atom stereocenters. The summed E-state index contributed by atoms with van der Waals surface area (Å²) in [6.07, 6.45) is 1.34. The molecule has 1 heterocycles. The number of hydrogen-bond acceptors (Lipinski definition) is 4. The van der Waals surface area contributed by atoms with Crippen molar-refractivity contribution in [1.29, 1.82) is 0 Å². The minimum Gasteiger partial charge on any atom is -0.496 e. The van der Waals surface area contributed by atoms with E-state index < -0.39 is 10.0 Å². The van der Waals surface area contributed by atoms with Gasteiger partial charge in [0, 0.05) is 25.8 Å². The fourth-order valence-corrected chi connectivity index (χ4v) is 5.47. The van der Waals surface area contributed by atoms with E-state index >= 15 is 0 Å². The van der Waals surface area contributed by atoms with Gasteiger partial charge in [0.1, 0.15) is 5.75 Å². The number of sulfonamides is 1. The highest BCUT2D eigenvalue weighted by molar-refractivity contribution is 7.89. The maximum atomic E-state index is 13.2. The van der Waals surface area contributed by atoms with Crippen LogP contribution in [-0.4, -0.2) is 45.9 Å². The summed E-state index contributed by atoms with van der Waals surface area (Å²) >= 11 is 0. The smallest absolute Gasteiger partial charge is 0.243 e. The Bertz CT molecular complexity index is 1050. The van der Waals surface area contributed by atoms with Gasteiger partial charge in [-0.3, -0.25) is 4.79 Å². The molecule has 0 N–H and O–H groups in total. The Morgan fingerprint density at radius 1 is 1.07 bits per heavy atom. The van der Waals surface area contributed by atoms with Crippen molar-refractivity contribution in [3.05, 3.63) is 53.1 Å². The third kappa shape index (κ3) is 4.37. The van der Waals surface area contributed by atoms with Crippen molar-refractivity contribution in [2.45, 2.75) is 38.5 Å². The van der Waals surface area contributed by atoms with Crippen LogP contribution in [0.4, 0.5) is 5.69 Å². The molecule has 1 fully saturated rings. The number of ether oxygens (including phenoxy) is 1. The summed E-state index contributed by atoms with van der Waals surface area (Å²) in [5.41, 5.74) is 3.88. The second kappa shape index (κ2) is 8.78. The van der Waals surface area contributed by atoms with Gasteiger partial charge in [-0.1, -0.05) is 6.07 Å². The average molecular weight is 431 g/mol. The van der Waals surface area contributed by atoms with E-state index in [-0.39, 0.29) is 23.3 Å². The van der Waals surface area contributed by atoms with Crippen LogP contribution in [-0.2, 0) is 14.8 Å². The first-order valence-corrected chi connectivity index (χ1v) is 11.6. The molecule has 0 aliphatic carbocycles. The molecule has 1 amide bonds. The Labute approximate surface area is 179 Å². The van der Waals surface area contributed by atoms with E-state index in [1.54, 1.807) is 37.3 Å². The topological polar surface area (TPSA) is 66.9 Å². The maximum Gasteiger partial charge on any atom is 0.243 e.